The Hall–Kier alpha value is -1.85. The molecule has 9 heteroatoms. The molecular weight excluding hydrogens is 841 g/mol. The van der Waals surface area contributed by atoms with Gasteiger partial charge in [-0.1, -0.05) is 242 Å². The molecule has 0 aromatic rings. The van der Waals surface area contributed by atoms with Crippen molar-refractivity contribution in [3.63, 3.8) is 0 Å². The molecule has 9 nitrogen and oxygen atoms in total. The van der Waals surface area contributed by atoms with Gasteiger partial charge in [-0.2, -0.15) is 0 Å². The first-order chi connectivity index (χ1) is 32.9. The van der Waals surface area contributed by atoms with Gasteiger partial charge in [-0.25, -0.2) is 0 Å². The van der Waals surface area contributed by atoms with Crippen molar-refractivity contribution in [1.82, 2.24) is 0 Å². The predicted octanol–water partition coefficient (Wildman–Crippen LogP) is 14.4. The fourth-order valence-electron chi connectivity index (χ4n) is 8.66. The number of carbonyl (C=O) groups excluding carboxylic acids is 1. The maximum absolute atomic E-state index is 12.9. The average molecular weight is 947 g/mol. The van der Waals surface area contributed by atoms with Crippen LogP contribution in [0.1, 0.15) is 251 Å². The third kappa shape index (κ3) is 39.6. The smallest absolute Gasteiger partial charge is 0.306 e. The third-order valence-corrected chi connectivity index (χ3v) is 13.0. The summed E-state index contributed by atoms with van der Waals surface area (Å²) in [5, 5.41) is 40.3. The Morgan fingerprint density at radius 2 is 0.910 bits per heavy atom. The first-order valence-corrected chi connectivity index (χ1v) is 28.2. The average Bonchev–Trinajstić information content (AvgIpc) is 3.33. The van der Waals surface area contributed by atoms with Crippen molar-refractivity contribution in [1.29, 1.82) is 0 Å². The highest BCUT2D eigenvalue weighted by Gasteiger charge is 2.44. The lowest BCUT2D eigenvalue weighted by Gasteiger charge is -2.39. The van der Waals surface area contributed by atoms with Crippen LogP contribution in [-0.4, -0.2) is 89.6 Å². The summed E-state index contributed by atoms with van der Waals surface area (Å²) < 4.78 is 23.0. The van der Waals surface area contributed by atoms with Gasteiger partial charge >= 0.3 is 5.97 Å². The van der Waals surface area contributed by atoms with Crippen molar-refractivity contribution in [3.05, 3.63) is 48.6 Å². The number of rotatable bonds is 49. The van der Waals surface area contributed by atoms with Crippen LogP contribution < -0.4 is 0 Å². The van der Waals surface area contributed by atoms with Gasteiger partial charge in [-0.05, 0) is 51.4 Å². The van der Waals surface area contributed by atoms with Gasteiger partial charge in [0, 0.05) is 13.0 Å². The van der Waals surface area contributed by atoms with Crippen molar-refractivity contribution < 1.29 is 44.2 Å². The van der Waals surface area contributed by atoms with Crippen molar-refractivity contribution in [2.45, 2.75) is 288 Å². The van der Waals surface area contributed by atoms with Crippen LogP contribution in [0.3, 0.4) is 0 Å². The molecule has 1 heterocycles. The zero-order chi connectivity index (χ0) is 48.5. The molecule has 0 aliphatic carbocycles. The molecule has 0 saturated carbocycles. The Balaban J connectivity index is 2.15. The van der Waals surface area contributed by atoms with Gasteiger partial charge in [0.1, 0.15) is 30.5 Å². The minimum Gasteiger partial charge on any atom is -0.457 e. The number of carbonyl (C=O) groups is 1. The fraction of sp³-hybridized carbons (Fsp3) is 0.845. The monoisotopic (exact) mass is 947 g/mol. The van der Waals surface area contributed by atoms with Crippen LogP contribution in [-0.2, 0) is 23.7 Å². The zero-order valence-electron chi connectivity index (χ0n) is 43.4. The van der Waals surface area contributed by atoms with E-state index in [2.05, 4.69) is 62.5 Å². The summed E-state index contributed by atoms with van der Waals surface area (Å²) in [5.74, 6) is -0.310. The maximum Gasteiger partial charge on any atom is 0.306 e. The number of aliphatic hydroxyl groups is 4. The van der Waals surface area contributed by atoms with E-state index >= 15 is 0 Å². The lowest BCUT2D eigenvalue weighted by atomic mass is 9.99. The molecule has 0 aromatic carbocycles. The first-order valence-electron chi connectivity index (χ1n) is 28.2. The van der Waals surface area contributed by atoms with E-state index < -0.39 is 43.4 Å². The minimum atomic E-state index is -1.54. The van der Waals surface area contributed by atoms with E-state index in [4.69, 9.17) is 18.9 Å². The topological polar surface area (TPSA) is 135 Å². The van der Waals surface area contributed by atoms with Crippen LogP contribution in [0.4, 0.5) is 0 Å². The van der Waals surface area contributed by atoms with Gasteiger partial charge in [-0.3, -0.25) is 4.79 Å². The molecule has 0 aromatic heterocycles. The fourth-order valence-corrected chi connectivity index (χ4v) is 8.66. The van der Waals surface area contributed by atoms with E-state index in [0.29, 0.717) is 13.0 Å². The molecule has 0 radical (unpaired) electrons. The minimum absolute atomic E-state index is 0.112. The number of aliphatic hydroxyl groups excluding tert-OH is 4. The Morgan fingerprint density at radius 1 is 0.493 bits per heavy atom. The quantitative estimate of drug-likeness (QED) is 0.0267. The highest BCUT2D eigenvalue weighted by atomic mass is 16.7. The van der Waals surface area contributed by atoms with Gasteiger partial charge in [0.25, 0.3) is 0 Å². The number of esters is 1. The molecule has 1 aliphatic rings. The zero-order valence-corrected chi connectivity index (χ0v) is 43.4. The highest BCUT2D eigenvalue weighted by molar-refractivity contribution is 5.69. The number of hydrogen-bond donors (Lipinski definition) is 4. The van der Waals surface area contributed by atoms with E-state index in [1.807, 2.05) is 0 Å². The normalized spacial score (nSPS) is 19.5. The molecule has 1 aliphatic heterocycles. The summed E-state index contributed by atoms with van der Waals surface area (Å²) >= 11 is 0. The summed E-state index contributed by atoms with van der Waals surface area (Å²) in [5.41, 5.74) is 0. The van der Waals surface area contributed by atoms with Crippen LogP contribution in [0.15, 0.2) is 48.6 Å². The molecule has 1 saturated heterocycles. The van der Waals surface area contributed by atoms with Crippen molar-refractivity contribution in [2.75, 3.05) is 26.4 Å². The molecule has 0 spiro atoms. The summed E-state index contributed by atoms with van der Waals surface area (Å²) in [7, 11) is 0. The second kappa shape index (κ2) is 49.1. The lowest BCUT2D eigenvalue weighted by molar-refractivity contribution is -0.305. The molecule has 4 N–H and O–H groups in total. The standard InChI is InChI=1S/C58H106O9/c1-3-5-7-9-11-13-15-17-19-21-23-25-26-27-28-30-32-34-36-38-40-42-44-46-48-64-50-52(51-65-58-57(63)56(62)55(61)53(49-59)67-58)66-54(60)47-45-43-41-39-37-35-33-31-29-24-22-20-18-16-14-12-10-8-6-4-2/h5,7,11,13,17,19,23,25,52-53,55-59,61-63H,3-4,6,8-10,12,14-16,18,20-22,24,26-51H2,1-2H3/b7-5-,13-11-,19-17-,25-23-. The van der Waals surface area contributed by atoms with Crippen molar-refractivity contribution in [2.24, 2.45) is 0 Å². The van der Waals surface area contributed by atoms with Gasteiger partial charge in [0.15, 0.2) is 6.29 Å². The van der Waals surface area contributed by atoms with Crippen molar-refractivity contribution in [3.8, 4) is 0 Å². The Kier molecular flexibility index (Phi) is 46.3. The van der Waals surface area contributed by atoms with E-state index in [9.17, 15) is 25.2 Å². The lowest BCUT2D eigenvalue weighted by Crippen LogP contribution is -2.59. The highest BCUT2D eigenvalue weighted by Crippen LogP contribution is 2.23. The number of ether oxygens (including phenoxy) is 4. The van der Waals surface area contributed by atoms with Crippen LogP contribution >= 0.6 is 0 Å². The van der Waals surface area contributed by atoms with Crippen LogP contribution in [0, 0.1) is 0 Å². The number of unbranched alkanes of at least 4 members (excludes halogenated alkanes) is 30. The summed E-state index contributed by atoms with van der Waals surface area (Å²) in [6.07, 6.45) is 55.8. The van der Waals surface area contributed by atoms with Crippen LogP contribution in [0.25, 0.3) is 0 Å². The molecule has 6 unspecified atom stereocenters. The number of hydrogen-bond acceptors (Lipinski definition) is 9. The molecule has 0 bridgehead atoms. The Morgan fingerprint density at radius 3 is 1.37 bits per heavy atom. The van der Waals surface area contributed by atoms with E-state index in [1.165, 1.54) is 173 Å². The maximum atomic E-state index is 12.9. The second-order valence-electron chi connectivity index (χ2n) is 19.4. The van der Waals surface area contributed by atoms with Gasteiger partial charge in [-0.15, -0.1) is 0 Å². The van der Waals surface area contributed by atoms with Crippen LogP contribution in [0.2, 0.25) is 0 Å². The summed E-state index contributed by atoms with van der Waals surface area (Å²) in [6, 6.07) is 0. The molecule has 392 valence electrons. The van der Waals surface area contributed by atoms with E-state index in [0.717, 1.165) is 57.8 Å². The first kappa shape index (κ1) is 63.2. The molecule has 1 rings (SSSR count). The largest absolute Gasteiger partial charge is 0.457 e. The van der Waals surface area contributed by atoms with Gasteiger partial charge in [0.2, 0.25) is 0 Å². The van der Waals surface area contributed by atoms with E-state index in [-0.39, 0.29) is 19.2 Å². The second-order valence-corrected chi connectivity index (χ2v) is 19.4. The molecule has 67 heavy (non-hydrogen) atoms. The summed E-state index contributed by atoms with van der Waals surface area (Å²) in [6.45, 7) is 4.48. The van der Waals surface area contributed by atoms with Crippen LogP contribution in [0.5, 0.6) is 0 Å². The molecular formula is C58H106O9. The molecule has 0 amide bonds. The Labute approximate surface area is 412 Å². The van der Waals surface area contributed by atoms with Crippen molar-refractivity contribution >= 4 is 5.97 Å². The predicted molar refractivity (Wildman–Crippen MR) is 279 cm³/mol. The SMILES string of the molecule is CC/C=C\C/C=C\C/C=C\C/C=C\CCCCCCCCCCCCCOCC(COC1OC(CO)C(O)C(O)C1O)OC(=O)CCCCCCCCCCCCCCCCCCCCCC. The molecule has 6 atom stereocenters. The van der Waals surface area contributed by atoms with Gasteiger partial charge < -0.3 is 39.4 Å². The van der Waals surface area contributed by atoms with Gasteiger partial charge in [0.05, 0.1) is 19.8 Å². The molecule has 1 fully saturated rings. The van der Waals surface area contributed by atoms with E-state index in [1.54, 1.807) is 0 Å². The number of allylic oxidation sites excluding steroid dienone is 8. The summed E-state index contributed by atoms with van der Waals surface area (Å²) in [4.78, 5) is 12.9. The Bertz CT molecular complexity index is 1170. The third-order valence-electron chi connectivity index (χ3n) is 13.0.